The molecule has 6 heteroatoms. The Kier molecular flexibility index (Phi) is 4.41. The number of likely N-dealkylation sites (N-methyl/N-ethyl adjacent to an activating group) is 1. The van der Waals surface area contributed by atoms with Gasteiger partial charge in [0, 0.05) is 26.7 Å². The van der Waals surface area contributed by atoms with Gasteiger partial charge in [-0.3, -0.25) is 14.5 Å². The largest absolute Gasteiger partial charge is 0.376 e. The maximum atomic E-state index is 12.9. The second-order valence-corrected chi connectivity index (χ2v) is 6.96. The summed E-state index contributed by atoms with van der Waals surface area (Å²) in [5.41, 5.74) is -0.630. The molecular weight excluding hydrogens is 282 g/mol. The van der Waals surface area contributed by atoms with Gasteiger partial charge in [0.2, 0.25) is 11.8 Å². The summed E-state index contributed by atoms with van der Waals surface area (Å²) in [6.45, 7) is 5.55. The fourth-order valence-electron chi connectivity index (χ4n) is 3.93. The lowest BCUT2D eigenvalue weighted by Gasteiger charge is -2.48. The molecule has 1 unspecified atom stereocenters. The third kappa shape index (κ3) is 2.52. The Bertz CT molecular complexity index is 442. The van der Waals surface area contributed by atoms with E-state index in [0.717, 1.165) is 45.3 Å². The van der Waals surface area contributed by atoms with Crippen molar-refractivity contribution in [3.63, 3.8) is 0 Å². The fraction of sp³-hybridized carbons (Fsp3) is 0.875. The molecule has 0 aromatic carbocycles. The standard InChI is InChI=1S/C16H27N3O3/c1-12-5-8-18(9-6-12)14(20)13-4-3-7-19(13)16(10-22-11-16)15(21)17-2/h12-13H,3-11H2,1-2H3,(H,17,21). The van der Waals surface area contributed by atoms with Crippen LogP contribution in [-0.4, -0.2) is 73.1 Å². The molecule has 3 rings (SSSR count). The lowest BCUT2D eigenvalue weighted by molar-refractivity contribution is -0.176. The number of nitrogens with zero attached hydrogens (tertiary/aromatic N) is 2. The highest BCUT2D eigenvalue weighted by atomic mass is 16.5. The number of ether oxygens (including phenoxy) is 1. The molecule has 0 aromatic heterocycles. The van der Waals surface area contributed by atoms with E-state index in [1.807, 2.05) is 4.90 Å². The molecular formula is C16H27N3O3. The molecule has 3 fully saturated rings. The average Bonchev–Trinajstić information content (AvgIpc) is 2.95. The minimum atomic E-state index is -0.630. The lowest BCUT2D eigenvalue weighted by atomic mass is 9.92. The van der Waals surface area contributed by atoms with E-state index >= 15 is 0 Å². The van der Waals surface area contributed by atoms with Gasteiger partial charge in [-0.15, -0.1) is 0 Å². The minimum Gasteiger partial charge on any atom is -0.376 e. The predicted octanol–water partition coefficient (Wildman–Crippen LogP) is 0.224. The van der Waals surface area contributed by atoms with Crippen molar-refractivity contribution in [1.82, 2.24) is 15.1 Å². The second-order valence-electron chi connectivity index (χ2n) is 6.96. The van der Waals surface area contributed by atoms with E-state index in [1.165, 1.54) is 0 Å². The van der Waals surface area contributed by atoms with Crippen LogP contribution in [0.15, 0.2) is 0 Å². The van der Waals surface area contributed by atoms with Gasteiger partial charge in [0.15, 0.2) is 0 Å². The highest BCUT2D eigenvalue weighted by Crippen LogP contribution is 2.34. The minimum absolute atomic E-state index is 0.0225. The monoisotopic (exact) mass is 309 g/mol. The summed E-state index contributed by atoms with van der Waals surface area (Å²) in [7, 11) is 1.65. The molecule has 3 aliphatic rings. The number of carbonyl (C=O) groups is 2. The first-order valence-electron chi connectivity index (χ1n) is 8.44. The zero-order valence-electron chi connectivity index (χ0n) is 13.6. The first-order chi connectivity index (χ1) is 10.6. The molecule has 124 valence electrons. The second kappa shape index (κ2) is 6.16. The summed E-state index contributed by atoms with van der Waals surface area (Å²) in [5.74, 6) is 0.895. The van der Waals surface area contributed by atoms with Crippen LogP contribution in [0.2, 0.25) is 0 Å². The quantitative estimate of drug-likeness (QED) is 0.810. The normalized spacial score (nSPS) is 29.2. The maximum absolute atomic E-state index is 12.9. The van der Waals surface area contributed by atoms with E-state index in [1.54, 1.807) is 7.05 Å². The zero-order chi connectivity index (χ0) is 15.7. The molecule has 0 aromatic rings. The van der Waals surface area contributed by atoms with Crippen LogP contribution in [0.25, 0.3) is 0 Å². The van der Waals surface area contributed by atoms with Crippen molar-refractivity contribution in [2.75, 3.05) is 39.9 Å². The van der Waals surface area contributed by atoms with Crippen molar-refractivity contribution in [3.8, 4) is 0 Å². The van der Waals surface area contributed by atoms with Gasteiger partial charge in [-0.05, 0) is 31.6 Å². The topological polar surface area (TPSA) is 61.9 Å². The molecule has 2 amide bonds. The van der Waals surface area contributed by atoms with Crippen LogP contribution in [0.4, 0.5) is 0 Å². The van der Waals surface area contributed by atoms with Crippen LogP contribution in [0.3, 0.4) is 0 Å². The van der Waals surface area contributed by atoms with Crippen LogP contribution < -0.4 is 5.32 Å². The summed E-state index contributed by atoms with van der Waals surface area (Å²) in [5, 5.41) is 2.74. The Morgan fingerprint density at radius 1 is 1.14 bits per heavy atom. The van der Waals surface area contributed by atoms with Crippen molar-refractivity contribution in [2.24, 2.45) is 5.92 Å². The van der Waals surface area contributed by atoms with Gasteiger partial charge in [-0.2, -0.15) is 0 Å². The predicted molar refractivity (Wildman–Crippen MR) is 82.3 cm³/mol. The van der Waals surface area contributed by atoms with Gasteiger partial charge >= 0.3 is 0 Å². The SMILES string of the molecule is CNC(=O)C1(N2CCCC2C(=O)N2CCC(C)CC2)COC1. The highest BCUT2D eigenvalue weighted by Gasteiger charge is 2.55. The first kappa shape index (κ1) is 15.7. The molecule has 0 bridgehead atoms. The van der Waals surface area contributed by atoms with E-state index in [0.29, 0.717) is 19.1 Å². The number of nitrogens with one attached hydrogen (secondary N) is 1. The number of rotatable bonds is 3. The summed E-state index contributed by atoms with van der Waals surface area (Å²) in [6.07, 6.45) is 3.99. The van der Waals surface area contributed by atoms with E-state index in [9.17, 15) is 9.59 Å². The smallest absolute Gasteiger partial charge is 0.245 e. The molecule has 1 N–H and O–H groups in total. The summed E-state index contributed by atoms with van der Waals surface area (Å²) >= 11 is 0. The molecule has 22 heavy (non-hydrogen) atoms. The number of hydrogen-bond acceptors (Lipinski definition) is 4. The fourth-order valence-corrected chi connectivity index (χ4v) is 3.93. The highest BCUT2D eigenvalue weighted by molar-refractivity contribution is 5.89. The Hall–Kier alpha value is -1.14. The molecule has 0 saturated carbocycles. The molecule has 3 saturated heterocycles. The molecule has 0 radical (unpaired) electrons. The Morgan fingerprint density at radius 3 is 2.36 bits per heavy atom. The molecule has 1 atom stereocenters. The van der Waals surface area contributed by atoms with Gasteiger partial charge in [-0.1, -0.05) is 6.92 Å². The number of likely N-dealkylation sites (tertiary alicyclic amines) is 2. The molecule has 0 spiro atoms. The van der Waals surface area contributed by atoms with Crippen LogP contribution in [-0.2, 0) is 14.3 Å². The Balaban J connectivity index is 1.72. The van der Waals surface area contributed by atoms with Crippen LogP contribution >= 0.6 is 0 Å². The van der Waals surface area contributed by atoms with Gasteiger partial charge in [0.25, 0.3) is 0 Å². The van der Waals surface area contributed by atoms with Gasteiger partial charge in [-0.25, -0.2) is 0 Å². The van der Waals surface area contributed by atoms with Gasteiger partial charge in [0.05, 0.1) is 19.3 Å². The molecule has 3 aliphatic heterocycles. The number of piperidine rings is 1. The van der Waals surface area contributed by atoms with E-state index in [4.69, 9.17) is 4.74 Å². The van der Waals surface area contributed by atoms with Crippen molar-refractivity contribution in [1.29, 1.82) is 0 Å². The Morgan fingerprint density at radius 2 is 1.82 bits per heavy atom. The van der Waals surface area contributed by atoms with Crippen molar-refractivity contribution in [2.45, 2.75) is 44.2 Å². The molecule has 0 aliphatic carbocycles. The number of carbonyl (C=O) groups excluding carboxylic acids is 2. The summed E-state index contributed by atoms with van der Waals surface area (Å²) in [4.78, 5) is 29.4. The Labute approximate surface area is 132 Å². The maximum Gasteiger partial charge on any atom is 0.245 e. The number of hydrogen-bond donors (Lipinski definition) is 1. The summed E-state index contributed by atoms with van der Waals surface area (Å²) < 4.78 is 5.33. The van der Waals surface area contributed by atoms with Crippen molar-refractivity contribution < 1.29 is 14.3 Å². The van der Waals surface area contributed by atoms with E-state index in [-0.39, 0.29) is 17.9 Å². The van der Waals surface area contributed by atoms with Crippen LogP contribution in [0, 0.1) is 5.92 Å². The third-order valence-electron chi connectivity index (χ3n) is 5.51. The van der Waals surface area contributed by atoms with Crippen molar-refractivity contribution >= 4 is 11.8 Å². The van der Waals surface area contributed by atoms with Crippen LogP contribution in [0.1, 0.15) is 32.6 Å². The molecule has 3 heterocycles. The van der Waals surface area contributed by atoms with Crippen molar-refractivity contribution in [3.05, 3.63) is 0 Å². The average molecular weight is 309 g/mol. The third-order valence-corrected chi connectivity index (χ3v) is 5.51. The molecule has 6 nitrogen and oxygen atoms in total. The summed E-state index contributed by atoms with van der Waals surface area (Å²) in [6, 6.07) is -0.158. The lowest BCUT2D eigenvalue weighted by Crippen LogP contribution is -2.71. The van der Waals surface area contributed by atoms with Crippen LogP contribution in [0.5, 0.6) is 0 Å². The zero-order valence-corrected chi connectivity index (χ0v) is 13.6. The number of amides is 2. The van der Waals surface area contributed by atoms with E-state index in [2.05, 4.69) is 17.1 Å². The van der Waals surface area contributed by atoms with Gasteiger partial charge < -0.3 is 15.0 Å². The van der Waals surface area contributed by atoms with E-state index < -0.39 is 5.54 Å². The van der Waals surface area contributed by atoms with Gasteiger partial charge in [0.1, 0.15) is 5.54 Å². The first-order valence-corrected chi connectivity index (χ1v) is 8.44.